The number of hydrogen-bond donors (Lipinski definition) is 0. The molecule has 0 saturated carbocycles. The third-order valence-electron chi connectivity index (χ3n) is 1.89. The summed E-state index contributed by atoms with van der Waals surface area (Å²) in [7, 11) is 0. The number of benzene rings is 1. The maximum atomic E-state index is 5.66. The Balaban J connectivity index is 2.41. The zero-order chi connectivity index (χ0) is 7.90. The van der Waals surface area contributed by atoms with E-state index in [0.717, 1.165) is 12.2 Å². The Morgan fingerprint density at radius 1 is 1.55 bits per heavy atom. The molecule has 0 spiro atoms. The largest absolute Gasteiger partial charge is 0.487 e. The predicted molar refractivity (Wildman–Crippen MR) is 43.7 cm³/mol. The molecule has 1 heterocycles. The van der Waals surface area contributed by atoms with Crippen molar-refractivity contribution >= 4 is 0 Å². The minimum absolute atomic E-state index is 0.0276. The summed E-state index contributed by atoms with van der Waals surface area (Å²) < 4.78 is 5.66. The van der Waals surface area contributed by atoms with E-state index in [9.17, 15) is 0 Å². The van der Waals surface area contributed by atoms with Gasteiger partial charge in [-0.1, -0.05) is 12.1 Å². The molecular formula is C10H11O. The second kappa shape index (κ2) is 2.00. The number of hydrogen-bond acceptors (Lipinski definition) is 1. The first kappa shape index (κ1) is 6.71. The van der Waals surface area contributed by atoms with Crippen LogP contribution in [0.15, 0.2) is 18.2 Å². The highest BCUT2D eigenvalue weighted by atomic mass is 16.5. The first-order chi connectivity index (χ1) is 5.17. The molecule has 2 rings (SSSR count). The second-order valence-corrected chi connectivity index (χ2v) is 3.55. The average molecular weight is 147 g/mol. The monoisotopic (exact) mass is 147 g/mol. The Hall–Kier alpha value is -0.980. The van der Waals surface area contributed by atoms with Gasteiger partial charge in [-0.25, -0.2) is 0 Å². The lowest BCUT2D eigenvalue weighted by Gasteiger charge is -2.16. The SMILES string of the molecule is CC1(C)Cc2[c]cccc2O1. The van der Waals surface area contributed by atoms with Gasteiger partial charge in [0.1, 0.15) is 11.4 Å². The van der Waals surface area contributed by atoms with Crippen LogP contribution < -0.4 is 4.74 Å². The van der Waals surface area contributed by atoms with E-state index in [4.69, 9.17) is 4.74 Å². The molecule has 0 N–H and O–H groups in total. The van der Waals surface area contributed by atoms with Crippen LogP contribution in [0.5, 0.6) is 5.75 Å². The molecule has 0 amide bonds. The molecule has 1 radical (unpaired) electrons. The molecule has 1 aliphatic rings. The Kier molecular flexibility index (Phi) is 1.22. The summed E-state index contributed by atoms with van der Waals surface area (Å²) in [5.74, 6) is 0.998. The van der Waals surface area contributed by atoms with E-state index >= 15 is 0 Å². The van der Waals surface area contributed by atoms with Crippen LogP contribution in [0.1, 0.15) is 19.4 Å². The van der Waals surface area contributed by atoms with Crippen molar-refractivity contribution in [2.75, 3.05) is 0 Å². The van der Waals surface area contributed by atoms with Crippen LogP contribution in [-0.4, -0.2) is 5.60 Å². The molecule has 1 aromatic carbocycles. The van der Waals surface area contributed by atoms with Crippen molar-refractivity contribution in [2.24, 2.45) is 0 Å². The molecule has 1 nitrogen and oxygen atoms in total. The summed E-state index contributed by atoms with van der Waals surface area (Å²) in [6.45, 7) is 4.20. The van der Waals surface area contributed by atoms with E-state index in [1.54, 1.807) is 0 Å². The number of rotatable bonds is 0. The second-order valence-electron chi connectivity index (χ2n) is 3.55. The first-order valence-electron chi connectivity index (χ1n) is 3.86. The highest BCUT2D eigenvalue weighted by Crippen LogP contribution is 2.33. The lowest BCUT2D eigenvalue weighted by atomic mass is 10.0. The van der Waals surface area contributed by atoms with Gasteiger partial charge in [0.05, 0.1) is 0 Å². The van der Waals surface area contributed by atoms with E-state index < -0.39 is 0 Å². The molecule has 0 saturated heterocycles. The van der Waals surface area contributed by atoms with Crippen LogP contribution in [0.25, 0.3) is 0 Å². The van der Waals surface area contributed by atoms with Crippen molar-refractivity contribution in [3.8, 4) is 5.75 Å². The molecule has 0 unspecified atom stereocenters. The summed E-state index contributed by atoms with van der Waals surface area (Å²) >= 11 is 0. The lowest BCUT2D eigenvalue weighted by Crippen LogP contribution is -2.24. The van der Waals surface area contributed by atoms with E-state index in [2.05, 4.69) is 19.9 Å². The van der Waals surface area contributed by atoms with Crippen LogP contribution in [0.4, 0.5) is 0 Å². The zero-order valence-electron chi connectivity index (χ0n) is 6.85. The molecule has 0 bridgehead atoms. The Morgan fingerprint density at radius 2 is 2.36 bits per heavy atom. The highest BCUT2D eigenvalue weighted by Gasteiger charge is 2.29. The fourth-order valence-electron chi connectivity index (χ4n) is 1.45. The minimum Gasteiger partial charge on any atom is -0.487 e. The maximum Gasteiger partial charge on any atom is 0.124 e. The van der Waals surface area contributed by atoms with Gasteiger partial charge in [-0.15, -0.1) is 0 Å². The van der Waals surface area contributed by atoms with Crippen molar-refractivity contribution < 1.29 is 4.74 Å². The molecular weight excluding hydrogens is 136 g/mol. The predicted octanol–water partition coefficient (Wildman–Crippen LogP) is 2.20. The van der Waals surface area contributed by atoms with Crippen molar-refractivity contribution in [3.05, 3.63) is 29.8 Å². The molecule has 0 aromatic heterocycles. The highest BCUT2D eigenvalue weighted by molar-refractivity contribution is 5.37. The van der Waals surface area contributed by atoms with Crippen molar-refractivity contribution in [1.82, 2.24) is 0 Å². The van der Waals surface area contributed by atoms with Gasteiger partial charge in [-0.3, -0.25) is 0 Å². The topological polar surface area (TPSA) is 9.23 Å². The first-order valence-corrected chi connectivity index (χ1v) is 3.86. The summed E-state index contributed by atoms with van der Waals surface area (Å²) in [6.07, 6.45) is 0.975. The molecule has 0 aliphatic carbocycles. The Bertz CT molecular complexity index is 249. The summed E-state index contributed by atoms with van der Waals surface area (Å²) in [4.78, 5) is 0. The Morgan fingerprint density at radius 3 is 3.09 bits per heavy atom. The van der Waals surface area contributed by atoms with Crippen LogP contribution in [0.3, 0.4) is 0 Å². The standard InChI is InChI=1S/C10H11O/c1-10(2)7-8-5-3-4-6-9(8)11-10/h3-4,6H,7H2,1-2H3. The molecule has 1 aliphatic heterocycles. The Labute approximate surface area is 67.0 Å². The fraction of sp³-hybridized carbons (Fsp3) is 0.400. The normalized spacial score (nSPS) is 19.1. The quantitative estimate of drug-likeness (QED) is 0.546. The van der Waals surface area contributed by atoms with Gasteiger partial charge in [0, 0.05) is 12.0 Å². The van der Waals surface area contributed by atoms with E-state index in [-0.39, 0.29) is 5.60 Å². The minimum atomic E-state index is -0.0276. The van der Waals surface area contributed by atoms with E-state index in [0.29, 0.717) is 0 Å². The lowest BCUT2D eigenvalue weighted by molar-refractivity contribution is 0.138. The summed E-state index contributed by atoms with van der Waals surface area (Å²) in [5, 5.41) is 0. The van der Waals surface area contributed by atoms with E-state index in [1.807, 2.05) is 18.2 Å². The van der Waals surface area contributed by atoms with Gasteiger partial charge in [-0.2, -0.15) is 0 Å². The number of ether oxygens (including phenoxy) is 1. The third-order valence-corrected chi connectivity index (χ3v) is 1.89. The van der Waals surface area contributed by atoms with Crippen LogP contribution in [0, 0.1) is 6.07 Å². The van der Waals surface area contributed by atoms with Gasteiger partial charge < -0.3 is 4.74 Å². The van der Waals surface area contributed by atoms with Gasteiger partial charge in [-0.05, 0) is 26.0 Å². The third kappa shape index (κ3) is 1.11. The van der Waals surface area contributed by atoms with Gasteiger partial charge in [0.15, 0.2) is 0 Å². The van der Waals surface area contributed by atoms with Crippen molar-refractivity contribution in [1.29, 1.82) is 0 Å². The van der Waals surface area contributed by atoms with Crippen LogP contribution >= 0.6 is 0 Å². The average Bonchev–Trinajstić information content (AvgIpc) is 2.21. The van der Waals surface area contributed by atoms with Gasteiger partial charge >= 0.3 is 0 Å². The fourth-order valence-corrected chi connectivity index (χ4v) is 1.45. The maximum absolute atomic E-state index is 5.66. The van der Waals surface area contributed by atoms with Crippen LogP contribution in [-0.2, 0) is 6.42 Å². The smallest absolute Gasteiger partial charge is 0.124 e. The molecule has 0 fully saturated rings. The van der Waals surface area contributed by atoms with E-state index in [1.165, 1.54) is 5.56 Å². The molecule has 1 heteroatoms. The van der Waals surface area contributed by atoms with Gasteiger partial charge in [0.2, 0.25) is 0 Å². The molecule has 1 aromatic rings. The van der Waals surface area contributed by atoms with Crippen molar-refractivity contribution in [3.63, 3.8) is 0 Å². The van der Waals surface area contributed by atoms with Crippen molar-refractivity contribution in [2.45, 2.75) is 25.9 Å². The number of fused-ring (bicyclic) bond motifs is 1. The molecule has 11 heavy (non-hydrogen) atoms. The molecule has 0 atom stereocenters. The zero-order valence-corrected chi connectivity index (χ0v) is 6.85. The molecule has 57 valence electrons. The van der Waals surface area contributed by atoms with Gasteiger partial charge in [0.25, 0.3) is 0 Å². The summed E-state index contributed by atoms with van der Waals surface area (Å²) in [5.41, 5.74) is 1.18. The van der Waals surface area contributed by atoms with Crippen LogP contribution in [0.2, 0.25) is 0 Å². The summed E-state index contributed by atoms with van der Waals surface area (Å²) in [6, 6.07) is 9.07.